The number of hydrogen-bond acceptors (Lipinski definition) is 3. The van der Waals surface area contributed by atoms with Crippen LogP contribution in [0.25, 0.3) is 0 Å². The van der Waals surface area contributed by atoms with Crippen molar-refractivity contribution in [3.05, 3.63) is 28.8 Å². The van der Waals surface area contributed by atoms with Crippen LogP contribution in [0.2, 0.25) is 5.02 Å². The highest BCUT2D eigenvalue weighted by Gasteiger charge is 2.34. The van der Waals surface area contributed by atoms with E-state index in [1.807, 2.05) is 0 Å². The Balaban J connectivity index is 1.77. The SMILES string of the molecule is NC(=O)C(NCCCc1cc(Cl)ccc1O)C1CC1. The molecule has 1 aromatic rings. The van der Waals surface area contributed by atoms with Gasteiger partial charge in [0, 0.05) is 5.02 Å². The molecule has 4 nitrogen and oxygen atoms in total. The molecule has 1 aliphatic carbocycles. The first-order valence-corrected chi connectivity index (χ1v) is 6.96. The van der Waals surface area contributed by atoms with Crippen molar-refractivity contribution in [3.63, 3.8) is 0 Å². The molecular weight excluding hydrogens is 264 g/mol. The van der Waals surface area contributed by atoms with Crippen LogP contribution in [0.15, 0.2) is 18.2 Å². The second-order valence-electron chi connectivity index (χ2n) is 5.05. The van der Waals surface area contributed by atoms with Gasteiger partial charge in [-0.1, -0.05) is 11.6 Å². The van der Waals surface area contributed by atoms with Gasteiger partial charge >= 0.3 is 0 Å². The number of phenols is 1. The quantitative estimate of drug-likeness (QED) is 0.668. The van der Waals surface area contributed by atoms with Crippen LogP contribution in [0, 0.1) is 5.92 Å². The number of nitrogens with two attached hydrogens (primary N) is 1. The second-order valence-corrected chi connectivity index (χ2v) is 5.48. The standard InChI is InChI=1S/C14H19ClN2O2/c15-11-5-6-12(18)10(8-11)2-1-7-17-13(14(16)19)9-3-4-9/h5-6,8-9,13,17-18H,1-4,7H2,(H2,16,19). The van der Waals surface area contributed by atoms with E-state index in [4.69, 9.17) is 17.3 Å². The summed E-state index contributed by atoms with van der Waals surface area (Å²) in [5.74, 6) is 0.406. The molecule has 0 radical (unpaired) electrons. The molecule has 4 N–H and O–H groups in total. The van der Waals surface area contributed by atoms with Gasteiger partial charge in [0.15, 0.2) is 0 Å². The Morgan fingerprint density at radius 3 is 2.89 bits per heavy atom. The van der Waals surface area contributed by atoms with E-state index in [9.17, 15) is 9.90 Å². The minimum absolute atomic E-state index is 0.201. The molecule has 19 heavy (non-hydrogen) atoms. The van der Waals surface area contributed by atoms with E-state index in [0.29, 0.717) is 17.5 Å². The van der Waals surface area contributed by atoms with Crippen molar-refractivity contribution in [2.75, 3.05) is 6.54 Å². The number of halogens is 1. The predicted octanol–water partition coefficient (Wildman–Crippen LogP) is 1.83. The molecule has 0 bridgehead atoms. The zero-order valence-electron chi connectivity index (χ0n) is 10.7. The summed E-state index contributed by atoms with van der Waals surface area (Å²) >= 11 is 5.88. The van der Waals surface area contributed by atoms with Crippen molar-refractivity contribution in [2.45, 2.75) is 31.7 Å². The Morgan fingerprint density at radius 1 is 1.53 bits per heavy atom. The van der Waals surface area contributed by atoms with Gasteiger partial charge in [-0.25, -0.2) is 0 Å². The molecule has 0 spiro atoms. The first kappa shape index (κ1) is 14.2. The van der Waals surface area contributed by atoms with Gasteiger partial charge in [0.05, 0.1) is 6.04 Å². The molecular formula is C14H19ClN2O2. The largest absolute Gasteiger partial charge is 0.508 e. The fourth-order valence-electron chi connectivity index (χ4n) is 2.22. The molecule has 1 atom stereocenters. The van der Waals surface area contributed by atoms with Gasteiger partial charge in [-0.2, -0.15) is 0 Å². The van der Waals surface area contributed by atoms with E-state index < -0.39 is 0 Å². The Labute approximate surface area is 117 Å². The Hall–Kier alpha value is -1.26. The van der Waals surface area contributed by atoms with Crippen molar-refractivity contribution in [2.24, 2.45) is 11.7 Å². The average molecular weight is 283 g/mol. The van der Waals surface area contributed by atoms with Crippen LogP contribution in [0.4, 0.5) is 0 Å². The summed E-state index contributed by atoms with van der Waals surface area (Å²) in [6.45, 7) is 0.704. The fraction of sp³-hybridized carbons (Fsp3) is 0.500. The van der Waals surface area contributed by atoms with Crippen LogP contribution in [-0.2, 0) is 11.2 Å². The molecule has 2 rings (SSSR count). The van der Waals surface area contributed by atoms with E-state index in [2.05, 4.69) is 5.32 Å². The van der Waals surface area contributed by atoms with Crippen LogP contribution in [0.3, 0.4) is 0 Å². The third-order valence-corrected chi connectivity index (χ3v) is 3.66. The Morgan fingerprint density at radius 2 is 2.26 bits per heavy atom. The molecule has 104 valence electrons. The van der Waals surface area contributed by atoms with Gasteiger partial charge in [-0.3, -0.25) is 4.79 Å². The number of phenolic OH excluding ortho intramolecular Hbond substituents is 1. The van der Waals surface area contributed by atoms with Crippen molar-refractivity contribution in [3.8, 4) is 5.75 Å². The Bertz CT molecular complexity index is 461. The van der Waals surface area contributed by atoms with Crippen molar-refractivity contribution >= 4 is 17.5 Å². The molecule has 1 saturated carbocycles. The molecule has 0 saturated heterocycles. The third-order valence-electron chi connectivity index (χ3n) is 3.43. The third kappa shape index (κ3) is 4.11. The summed E-state index contributed by atoms with van der Waals surface area (Å²) < 4.78 is 0. The molecule has 1 unspecified atom stereocenters. The molecule has 0 heterocycles. The number of rotatable bonds is 7. The zero-order valence-corrected chi connectivity index (χ0v) is 11.5. The highest BCUT2D eigenvalue weighted by molar-refractivity contribution is 6.30. The molecule has 1 fully saturated rings. The van der Waals surface area contributed by atoms with Gasteiger partial charge in [-0.15, -0.1) is 0 Å². The fourth-order valence-corrected chi connectivity index (χ4v) is 2.41. The second kappa shape index (κ2) is 6.26. The average Bonchev–Trinajstić information content (AvgIpc) is 3.17. The summed E-state index contributed by atoms with van der Waals surface area (Å²) in [5, 5.41) is 13.5. The van der Waals surface area contributed by atoms with Gasteiger partial charge in [0.25, 0.3) is 0 Å². The van der Waals surface area contributed by atoms with E-state index in [1.54, 1.807) is 18.2 Å². The van der Waals surface area contributed by atoms with Gasteiger partial charge < -0.3 is 16.2 Å². The minimum atomic E-state index is -0.270. The number of hydrogen-bond donors (Lipinski definition) is 3. The van der Waals surface area contributed by atoms with E-state index >= 15 is 0 Å². The molecule has 0 aromatic heterocycles. The maximum Gasteiger partial charge on any atom is 0.234 e. The molecule has 1 aliphatic rings. The highest BCUT2D eigenvalue weighted by Crippen LogP contribution is 2.32. The number of carbonyl (C=O) groups excluding carboxylic acids is 1. The minimum Gasteiger partial charge on any atom is -0.508 e. The first-order chi connectivity index (χ1) is 9.08. The van der Waals surface area contributed by atoms with Crippen LogP contribution in [0.5, 0.6) is 5.75 Å². The lowest BCUT2D eigenvalue weighted by Gasteiger charge is -2.14. The van der Waals surface area contributed by atoms with Gasteiger partial charge in [-0.05, 0) is 61.9 Å². The van der Waals surface area contributed by atoms with E-state index in [-0.39, 0.29) is 17.7 Å². The number of aromatic hydroxyl groups is 1. The number of amides is 1. The monoisotopic (exact) mass is 282 g/mol. The number of nitrogens with one attached hydrogen (secondary N) is 1. The lowest BCUT2D eigenvalue weighted by molar-refractivity contribution is -0.120. The van der Waals surface area contributed by atoms with Crippen molar-refractivity contribution < 1.29 is 9.90 Å². The molecule has 0 aliphatic heterocycles. The maximum absolute atomic E-state index is 11.2. The first-order valence-electron chi connectivity index (χ1n) is 6.58. The maximum atomic E-state index is 11.2. The van der Waals surface area contributed by atoms with Crippen molar-refractivity contribution in [1.82, 2.24) is 5.32 Å². The molecule has 1 amide bonds. The summed E-state index contributed by atoms with van der Waals surface area (Å²) in [5.41, 5.74) is 6.19. The van der Waals surface area contributed by atoms with Crippen molar-refractivity contribution in [1.29, 1.82) is 0 Å². The van der Waals surface area contributed by atoms with Crippen LogP contribution < -0.4 is 11.1 Å². The van der Waals surface area contributed by atoms with E-state index in [1.165, 1.54) is 0 Å². The highest BCUT2D eigenvalue weighted by atomic mass is 35.5. The lowest BCUT2D eigenvalue weighted by Crippen LogP contribution is -2.43. The predicted molar refractivity (Wildman–Crippen MR) is 75.1 cm³/mol. The summed E-state index contributed by atoms with van der Waals surface area (Å²) in [6, 6.07) is 4.83. The van der Waals surface area contributed by atoms with Crippen LogP contribution in [0.1, 0.15) is 24.8 Å². The number of benzene rings is 1. The van der Waals surface area contributed by atoms with Gasteiger partial charge in [0.2, 0.25) is 5.91 Å². The molecule has 1 aromatic carbocycles. The summed E-state index contributed by atoms with van der Waals surface area (Å²) in [4.78, 5) is 11.2. The zero-order chi connectivity index (χ0) is 13.8. The number of primary amides is 1. The molecule has 5 heteroatoms. The summed E-state index contributed by atoms with van der Waals surface area (Å²) in [6.07, 6.45) is 3.70. The number of aryl methyl sites for hydroxylation is 1. The normalized spacial score (nSPS) is 16.3. The Kier molecular flexibility index (Phi) is 4.66. The van der Waals surface area contributed by atoms with Crippen LogP contribution >= 0.6 is 11.6 Å². The van der Waals surface area contributed by atoms with E-state index in [0.717, 1.165) is 31.2 Å². The topological polar surface area (TPSA) is 75.4 Å². The van der Waals surface area contributed by atoms with Gasteiger partial charge in [0.1, 0.15) is 5.75 Å². The number of carbonyl (C=O) groups is 1. The summed E-state index contributed by atoms with van der Waals surface area (Å²) in [7, 11) is 0. The van der Waals surface area contributed by atoms with Crippen LogP contribution in [-0.4, -0.2) is 23.6 Å². The lowest BCUT2D eigenvalue weighted by atomic mass is 10.1. The smallest absolute Gasteiger partial charge is 0.234 e.